The fourth-order valence-corrected chi connectivity index (χ4v) is 2.28. The number of hydrogen-bond acceptors (Lipinski definition) is 1. The molecular weight excluding hydrogens is 298 g/mol. The molecule has 3 rings (SSSR count). The molecule has 2 nitrogen and oxygen atoms in total. The van der Waals surface area contributed by atoms with Gasteiger partial charge in [0.2, 0.25) is 0 Å². The van der Waals surface area contributed by atoms with E-state index in [0.29, 0.717) is 11.3 Å². The molecule has 22 heavy (non-hydrogen) atoms. The number of halogens is 4. The van der Waals surface area contributed by atoms with Gasteiger partial charge in [0, 0.05) is 16.8 Å². The van der Waals surface area contributed by atoms with Crippen LogP contribution in [0.25, 0.3) is 11.6 Å². The van der Waals surface area contributed by atoms with Crippen LogP contribution < -0.4 is 5.32 Å². The van der Waals surface area contributed by atoms with Gasteiger partial charge in [-0.3, -0.25) is 4.79 Å². The summed E-state index contributed by atoms with van der Waals surface area (Å²) in [5.41, 5.74) is 0.317. The third-order valence-corrected chi connectivity index (χ3v) is 3.29. The van der Waals surface area contributed by atoms with E-state index < -0.39 is 23.5 Å². The zero-order valence-electron chi connectivity index (χ0n) is 11.0. The summed E-state index contributed by atoms with van der Waals surface area (Å²) in [4.78, 5) is 11.9. The summed E-state index contributed by atoms with van der Waals surface area (Å²) in [5, 5.41) is 2.54. The van der Waals surface area contributed by atoms with Crippen LogP contribution in [0, 0.1) is 5.82 Å². The summed E-state index contributed by atoms with van der Waals surface area (Å²) in [6, 6.07) is 8.39. The second-order valence-corrected chi connectivity index (χ2v) is 4.83. The van der Waals surface area contributed by atoms with Crippen LogP contribution in [0.1, 0.15) is 16.7 Å². The van der Waals surface area contributed by atoms with Gasteiger partial charge in [0.25, 0.3) is 5.91 Å². The average Bonchev–Trinajstić information content (AvgIpc) is 2.75. The Morgan fingerprint density at radius 2 is 1.82 bits per heavy atom. The molecule has 1 amide bonds. The van der Waals surface area contributed by atoms with E-state index in [1.807, 2.05) is 0 Å². The fourth-order valence-electron chi connectivity index (χ4n) is 2.28. The van der Waals surface area contributed by atoms with Crippen LogP contribution in [0.4, 0.5) is 23.2 Å². The molecule has 0 fully saturated rings. The Hall–Kier alpha value is -2.63. The maximum Gasteiger partial charge on any atom is 0.416 e. The monoisotopic (exact) mass is 307 g/mol. The number of fused-ring (bicyclic) bond motifs is 1. The minimum atomic E-state index is -4.46. The van der Waals surface area contributed by atoms with E-state index in [1.165, 1.54) is 36.4 Å². The smallest absolute Gasteiger partial charge is 0.321 e. The Morgan fingerprint density at radius 3 is 2.55 bits per heavy atom. The van der Waals surface area contributed by atoms with E-state index in [-0.39, 0.29) is 11.1 Å². The predicted octanol–water partition coefficient (Wildman–Crippen LogP) is 4.34. The second-order valence-electron chi connectivity index (χ2n) is 4.83. The standard InChI is InChI=1S/C16H9F4NO/c17-11-4-5-14-12(8-11)13(15(22)21-14)7-9-2-1-3-10(6-9)16(18,19)20/h1-8H,(H,21,22)/b13-7+. The van der Waals surface area contributed by atoms with Crippen LogP contribution in [-0.2, 0) is 11.0 Å². The normalized spacial score (nSPS) is 15.8. The molecule has 1 N–H and O–H groups in total. The number of nitrogens with one attached hydrogen (secondary N) is 1. The molecule has 0 saturated carbocycles. The molecule has 112 valence electrons. The van der Waals surface area contributed by atoms with E-state index in [4.69, 9.17) is 0 Å². The van der Waals surface area contributed by atoms with Crippen LogP contribution in [0.5, 0.6) is 0 Å². The quantitative estimate of drug-likeness (QED) is 0.616. The van der Waals surface area contributed by atoms with Gasteiger partial charge in [0.05, 0.1) is 5.56 Å². The third-order valence-electron chi connectivity index (χ3n) is 3.29. The van der Waals surface area contributed by atoms with Crippen LogP contribution in [0.15, 0.2) is 42.5 Å². The predicted molar refractivity (Wildman–Crippen MR) is 74.3 cm³/mol. The first-order valence-electron chi connectivity index (χ1n) is 6.35. The Balaban J connectivity index is 2.07. The van der Waals surface area contributed by atoms with Crippen molar-refractivity contribution in [1.29, 1.82) is 0 Å². The molecule has 0 spiro atoms. The molecule has 2 aromatic carbocycles. The molecular formula is C16H9F4NO. The van der Waals surface area contributed by atoms with E-state index in [9.17, 15) is 22.4 Å². The highest BCUT2D eigenvalue weighted by Crippen LogP contribution is 2.35. The topological polar surface area (TPSA) is 29.1 Å². The minimum Gasteiger partial charge on any atom is -0.321 e. The largest absolute Gasteiger partial charge is 0.416 e. The van der Waals surface area contributed by atoms with E-state index in [1.54, 1.807) is 0 Å². The van der Waals surface area contributed by atoms with Crippen molar-refractivity contribution >= 4 is 23.2 Å². The Bertz CT molecular complexity index is 793. The molecule has 6 heteroatoms. The average molecular weight is 307 g/mol. The van der Waals surface area contributed by atoms with Crippen molar-refractivity contribution in [3.05, 3.63) is 65.0 Å². The van der Waals surface area contributed by atoms with Crippen molar-refractivity contribution in [2.75, 3.05) is 5.32 Å². The first-order chi connectivity index (χ1) is 10.3. The lowest BCUT2D eigenvalue weighted by Crippen LogP contribution is -2.05. The summed E-state index contributed by atoms with van der Waals surface area (Å²) >= 11 is 0. The molecule has 0 aliphatic carbocycles. The Morgan fingerprint density at radius 1 is 1.05 bits per heavy atom. The lowest BCUT2D eigenvalue weighted by molar-refractivity contribution is -0.137. The maximum atomic E-state index is 13.3. The SMILES string of the molecule is O=C1Nc2ccc(F)cc2/C1=C\c1cccc(C(F)(F)F)c1. The van der Waals surface area contributed by atoms with Gasteiger partial charge >= 0.3 is 6.18 Å². The van der Waals surface area contributed by atoms with Gasteiger partial charge in [-0.2, -0.15) is 13.2 Å². The van der Waals surface area contributed by atoms with Gasteiger partial charge in [0.15, 0.2) is 0 Å². The minimum absolute atomic E-state index is 0.133. The van der Waals surface area contributed by atoms with Crippen LogP contribution in [0.2, 0.25) is 0 Å². The highest BCUT2D eigenvalue weighted by Gasteiger charge is 2.30. The van der Waals surface area contributed by atoms with Crippen LogP contribution in [0.3, 0.4) is 0 Å². The van der Waals surface area contributed by atoms with Gasteiger partial charge < -0.3 is 5.32 Å². The number of rotatable bonds is 1. The number of benzene rings is 2. The molecule has 2 aromatic rings. The van der Waals surface area contributed by atoms with Crippen LogP contribution >= 0.6 is 0 Å². The third kappa shape index (κ3) is 2.59. The zero-order chi connectivity index (χ0) is 15.9. The number of alkyl halides is 3. The molecule has 0 radical (unpaired) electrons. The highest BCUT2D eigenvalue weighted by molar-refractivity contribution is 6.34. The highest BCUT2D eigenvalue weighted by atomic mass is 19.4. The summed E-state index contributed by atoms with van der Waals surface area (Å²) < 4.78 is 51.4. The van der Waals surface area contributed by atoms with Gasteiger partial charge in [0.1, 0.15) is 5.82 Å². The molecule has 1 aliphatic heterocycles. The molecule has 0 atom stereocenters. The van der Waals surface area contributed by atoms with Gasteiger partial charge in [-0.1, -0.05) is 12.1 Å². The van der Waals surface area contributed by atoms with Crippen molar-refractivity contribution in [3.63, 3.8) is 0 Å². The van der Waals surface area contributed by atoms with E-state index in [0.717, 1.165) is 12.1 Å². The van der Waals surface area contributed by atoms with Crippen molar-refractivity contribution < 1.29 is 22.4 Å². The van der Waals surface area contributed by atoms with Crippen molar-refractivity contribution in [1.82, 2.24) is 0 Å². The van der Waals surface area contributed by atoms with Crippen LogP contribution in [-0.4, -0.2) is 5.91 Å². The van der Waals surface area contributed by atoms with Gasteiger partial charge in [-0.15, -0.1) is 0 Å². The molecule has 1 aliphatic rings. The number of anilines is 1. The van der Waals surface area contributed by atoms with Crippen molar-refractivity contribution in [3.8, 4) is 0 Å². The molecule has 0 aromatic heterocycles. The maximum absolute atomic E-state index is 13.3. The summed E-state index contributed by atoms with van der Waals surface area (Å²) in [6.45, 7) is 0. The Labute approximate surface area is 123 Å². The van der Waals surface area contributed by atoms with E-state index in [2.05, 4.69) is 5.32 Å². The first-order valence-corrected chi connectivity index (χ1v) is 6.35. The summed E-state index contributed by atoms with van der Waals surface area (Å²) in [6.07, 6.45) is -3.15. The van der Waals surface area contributed by atoms with Gasteiger partial charge in [-0.25, -0.2) is 4.39 Å². The van der Waals surface area contributed by atoms with Crippen molar-refractivity contribution in [2.24, 2.45) is 0 Å². The fraction of sp³-hybridized carbons (Fsp3) is 0.0625. The number of carbonyl (C=O) groups excluding carboxylic acids is 1. The first kappa shape index (κ1) is 14.3. The van der Waals surface area contributed by atoms with Crippen molar-refractivity contribution in [2.45, 2.75) is 6.18 Å². The Kier molecular flexibility index (Phi) is 3.24. The summed E-state index contributed by atoms with van der Waals surface area (Å²) in [5.74, 6) is -0.997. The molecule has 1 heterocycles. The molecule has 0 unspecified atom stereocenters. The number of amides is 1. The number of carbonyl (C=O) groups is 1. The van der Waals surface area contributed by atoms with Gasteiger partial charge in [-0.05, 0) is 42.0 Å². The second kappa shape index (κ2) is 4.98. The summed E-state index contributed by atoms with van der Waals surface area (Å²) in [7, 11) is 0. The lowest BCUT2D eigenvalue weighted by atomic mass is 10.0. The molecule has 0 saturated heterocycles. The molecule has 0 bridgehead atoms. The lowest BCUT2D eigenvalue weighted by Gasteiger charge is -2.07. The van der Waals surface area contributed by atoms with E-state index >= 15 is 0 Å². The number of hydrogen-bond donors (Lipinski definition) is 1. The zero-order valence-corrected chi connectivity index (χ0v) is 11.0.